The van der Waals surface area contributed by atoms with Gasteiger partial charge in [-0.1, -0.05) is 25.5 Å². The Balaban J connectivity index is 2.81. The van der Waals surface area contributed by atoms with Crippen LogP contribution in [0.1, 0.15) is 36.5 Å². The molecule has 1 aromatic rings. The normalized spacial score (nSPS) is 10.5. The smallest absolute Gasteiger partial charge is 0.387 e. The molecule has 0 bridgehead atoms. The fourth-order valence-corrected chi connectivity index (χ4v) is 1.37. The molecule has 16 heavy (non-hydrogen) atoms. The monoisotopic (exact) mass is 228 g/mol. The molecule has 0 spiro atoms. The molecule has 0 unspecified atom stereocenters. The predicted molar refractivity (Wildman–Crippen MR) is 56.9 cm³/mol. The highest BCUT2D eigenvalue weighted by Gasteiger charge is 2.14. The third-order valence-corrected chi connectivity index (χ3v) is 2.16. The number of carbonyl (C=O) groups excluding carboxylic acids is 1. The first kappa shape index (κ1) is 12.6. The van der Waals surface area contributed by atoms with Crippen molar-refractivity contribution in [2.75, 3.05) is 0 Å². The number of unbranched alkanes of at least 4 members (excludes halogenated alkanes) is 1. The Morgan fingerprint density at radius 2 is 2.06 bits per heavy atom. The third kappa shape index (κ3) is 3.61. The van der Waals surface area contributed by atoms with E-state index in [1.807, 2.05) is 6.92 Å². The Morgan fingerprint density at radius 3 is 2.69 bits per heavy atom. The lowest BCUT2D eigenvalue weighted by molar-refractivity contribution is -0.0501. The first-order chi connectivity index (χ1) is 7.65. The lowest BCUT2D eigenvalue weighted by atomic mass is 10.0. The van der Waals surface area contributed by atoms with E-state index in [0.717, 1.165) is 12.8 Å². The van der Waals surface area contributed by atoms with E-state index in [1.54, 1.807) is 12.1 Å². The van der Waals surface area contributed by atoms with Gasteiger partial charge in [0.1, 0.15) is 5.75 Å². The van der Waals surface area contributed by atoms with Crippen LogP contribution in [-0.4, -0.2) is 12.4 Å². The average Bonchev–Trinajstić information content (AvgIpc) is 2.26. The summed E-state index contributed by atoms with van der Waals surface area (Å²) < 4.78 is 28.5. The summed E-state index contributed by atoms with van der Waals surface area (Å²) in [6.45, 7) is -0.936. The average molecular weight is 228 g/mol. The molecule has 0 fully saturated rings. The molecule has 0 saturated carbocycles. The number of hydrogen-bond donors (Lipinski definition) is 0. The zero-order valence-electron chi connectivity index (χ0n) is 9.08. The van der Waals surface area contributed by atoms with Crippen molar-refractivity contribution >= 4 is 5.78 Å². The predicted octanol–water partition coefficient (Wildman–Crippen LogP) is 3.66. The number of alkyl halides is 2. The summed E-state index contributed by atoms with van der Waals surface area (Å²) in [5.41, 5.74) is 0.233. The summed E-state index contributed by atoms with van der Waals surface area (Å²) in [6, 6.07) is 6.09. The molecule has 0 aromatic heterocycles. The number of benzene rings is 1. The van der Waals surface area contributed by atoms with Crippen LogP contribution in [0.4, 0.5) is 8.78 Å². The fraction of sp³-hybridized carbons (Fsp3) is 0.417. The Morgan fingerprint density at radius 1 is 1.38 bits per heavy atom. The van der Waals surface area contributed by atoms with E-state index in [2.05, 4.69) is 4.74 Å². The molecular formula is C12H14F2O2. The summed E-state index contributed by atoms with van der Waals surface area (Å²) in [4.78, 5) is 11.7. The molecule has 0 aliphatic carbocycles. The van der Waals surface area contributed by atoms with E-state index < -0.39 is 6.61 Å². The van der Waals surface area contributed by atoms with Gasteiger partial charge in [-0.3, -0.25) is 4.79 Å². The van der Waals surface area contributed by atoms with Crippen LogP contribution in [0.5, 0.6) is 5.75 Å². The number of ether oxygens (including phenoxy) is 1. The van der Waals surface area contributed by atoms with Crippen molar-refractivity contribution in [1.82, 2.24) is 0 Å². The SMILES string of the molecule is CCCCC(=O)c1ccccc1OC(F)F. The molecule has 0 aliphatic rings. The highest BCUT2D eigenvalue weighted by Crippen LogP contribution is 2.22. The van der Waals surface area contributed by atoms with Gasteiger partial charge in [0, 0.05) is 6.42 Å². The molecule has 0 N–H and O–H groups in total. The van der Waals surface area contributed by atoms with E-state index in [0.29, 0.717) is 6.42 Å². The van der Waals surface area contributed by atoms with Crippen LogP contribution in [0.15, 0.2) is 24.3 Å². The van der Waals surface area contributed by atoms with Gasteiger partial charge >= 0.3 is 6.61 Å². The minimum Gasteiger partial charge on any atom is -0.434 e. The zero-order chi connectivity index (χ0) is 12.0. The summed E-state index contributed by atoms with van der Waals surface area (Å²) in [7, 11) is 0. The van der Waals surface area contributed by atoms with E-state index in [1.165, 1.54) is 12.1 Å². The molecule has 1 aromatic carbocycles. The molecule has 88 valence electrons. The quantitative estimate of drug-likeness (QED) is 0.694. The van der Waals surface area contributed by atoms with E-state index in [4.69, 9.17) is 0 Å². The lowest BCUT2D eigenvalue weighted by Crippen LogP contribution is -2.07. The van der Waals surface area contributed by atoms with Crippen molar-refractivity contribution in [3.05, 3.63) is 29.8 Å². The first-order valence-corrected chi connectivity index (χ1v) is 5.22. The van der Waals surface area contributed by atoms with Crippen molar-refractivity contribution in [2.24, 2.45) is 0 Å². The van der Waals surface area contributed by atoms with Gasteiger partial charge < -0.3 is 4.74 Å². The molecule has 0 atom stereocenters. The van der Waals surface area contributed by atoms with E-state index in [-0.39, 0.29) is 17.1 Å². The van der Waals surface area contributed by atoms with Crippen LogP contribution in [0, 0.1) is 0 Å². The Hall–Kier alpha value is -1.45. The number of carbonyl (C=O) groups is 1. The number of rotatable bonds is 6. The first-order valence-electron chi connectivity index (χ1n) is 5.22. The topological polar surface area (TPSA) is 26.3 Å². The maximum Gasteiger partial charge on any atom is 0.387 e. The molecule has 2 nitrogen and oxygen atoms in total. The summed E-state index contributed by atoms with van der Waals surface area (Å²) in [6.07, 6.45) is 2.01. The summed E-state index contributed by atoms with van der Waals surface area (Å²) >= 11 is 0. The second-order valence-electron chi connectivity index (χ2n) is 3.40. The van der Waals surface area contributed by atoms with Gasteiger partial charge in [0.2, 0.25) is 0 Å². The molecular weight excluding hydrogens is 214 g/mol. The van der Waals surface area contributed by atoms with Crippen molar-refractivity contribution in [2.45, 2.75) is 32.8 Å². The van der Waals surface area contributed by atoms with Crippen LogP contribution in [-0.2, 0) is 0 Å². The molecule has 1 rings (SSSR count). The van der Waals surface area contributed by atoms with Gasteiger partial charge in [-0.15, -0.1) is 0 Å². The van der Waals surface area contributed by atoms with Crippen molar-refractivity contribution in [1.29, 1.82) is 0 Å². The van der Waals surface area contributed by atoms with Gasteiger partial charge in [0.25, 0.3) is 0 Å². The number of ketones is 1. The minimum atomic E-state index is -2.90. The number of hydrogen-bond acceptors (Lipinski definition) is 2. The highest BCUT2D eigenvalue weighted by atomic mass is 19.3. The molecule has 4 heteroatoms. The van der Waals surface area contributed by atoms with Crippen LogP contribution in [0.25, 0.3) is 0 Å². The molecule has 0 aliphatic heterocycles. The second kappa shape index (κ2) is 6.20. The van der Waals surface area contributed by atoms with Crippen LogP contribution in [0.3, 0.4) is 0 Å². The molecule has 0 saturated heterocycles. The van der Waals surface area contributed by atoms with Gasteiger partial charge in [-0.05, 0) is 18.6 Å². The van der Waals surface area contributed by atoms with Crippen LogP contribution < -0.4 is 4.74 Å². The molecule has 0 radical (unpaired) electrons. The van der Waals surface area contributed by atoms with Gasteiger partial charge in [0.15, 0.2) is 5.78 Å². The zero-order valence-corrected chi connectivity index (χ0v) is 9.08. The van der Waals surface area contributed by atoms with Gasteiger partial charge in [-0.2, -0.15) is 8.78 Å². The van der Waals surface area contributed by atoms with E-state index >= 15 is 0 Å². The lowest BCUT2D eigenvalue weighted by Gasteiger charge is -2.09. The maximum absolute atomic E-state index is 12.1. The van der Waals surface area contributed by atoms with E-state index in [9.17, 15) is 13.6 Å². The Bertz CT molecular complexity index is 351. The molecule has 0 heterocycles. The van der Waals surface area contributed by atoms with Gasteiger partial charge in [-0.25, -0.2) is 0 Å². The van der Waals surface area contributed by atoms with Gasteiger partial charge in [0.05, 0.1) is 5.56 Å². The second-order valence-corrected chi connectivity index (χ2v) is 3.40. The number of halogens is 2. The Kier molecular flexibility index (Phi) is 4.89. The standard InChI is InChI=1S/C12H14F2O2/c1-2-3-7-10(15)9-6-4-5-8-11(9)16-12(13)14/h4-6,8,12H,2-3,7H2,1H3. The summed E-state index contributed by atoms with van der Waals surface area (Å²) in [5, 5.41) is 0. The largest absolute Gasteiger partial charge is 0.434 e. The third-order valence-electron chi connectivity index (χ3n) is 2.16. The number of para-hydroxylation sites is 1. The molecule has 0 amide bonds. The van der Waals surface area contributed by atoms with Crippen molar-refractivity contribution in [3.8, 4) is 5.75 Å². The number of Topliss-reactive ketones (excluding diaryl/α,β-unsaturated/α-hetero) is 1. The Labute approximate surface area is 93.2 Å². The highest BCUT2D eigenvalue weighted by molar-refractivity contribution is 5.98. The van der Waals surface area contributed by atoms with Crippen LogP contribution >= 0.6 is 0 Å². The van der Waals surface area contributed by atoms with Crippen LogP contribution in [0.2, 0.25) is 0 Å². The van der Waals surface area contributed by atoms with Crippen molar-refractivity contribution < 1.29 is 18.3 Å². The minimum absolute atomic E-state index is 0.0430. The fourth-order valence-electron chi connectivity index (χ4n) is 1.37. The summed E-state index contributed by atoms with van der Waals surface area (Å²) in [5.74, 6) is -0.197. The van der Waals surface area contributed by atoms with Crippen molar-refractivity contribution in [3.63, 3.8) is 0 Å². The maximum atomic E-state index is 12.1.